The van der Waals surface area contributed by atoms with E-state index in [1.165, 1.54) is 62.5 Å². The largest absolute Gasteiger partial charge is 0.193 e. The summed E-state index contributed by atoms with van der Waals surface area (Å²) in [5.74, 6) is 1.59. The minimum Gasteiger partial charge on any atom is -0.193 e. The van der Waals surface area contributed by atoms with Gasteiger partial charge >= 0.3 is 0 Å². The summed E-state index contributed by atoms with van der Waals surface area (Å²) in [7, 11) is 0. The Hall–Kier alpha value is -1.55. The molecule has 0 saturated heterocycles. The van der Waals surface area contributed by atoms with Gasteiger partial charge in [0.2, 0.25) is 0 Å². The molecule has 1 fully saturated rings. The fourth-order valence-corrected chi connectivity index (χ4v) is 3.55. The number of aryl methyl sites for hydroxylation is 2. The second-order valence-electron chi connectivity index (χ2n) is 6.68. The fraction of sp³-hybridized carbons (Fsp3) is 0.571. The fourth-order valence-electron chi connectivity index (χ4n) is 3.55. The lowest BCUT2D eigenvalue weighted by molar-refractivity contribution is 0.289. The third-order valence-corrected chi connectivity index (χ3v) is 5.09. The maximum absolute atomic E-state index is 8.58. The van der Waals surface area contributed by atoms with E-state index in [0.29, 0.717) is 5.92 Å². The molecule has 0 spiro atoms. The van der Waals surface area contributed by atoms with Crippen LogP contribution in [0.1, 0.15) is 63.0 Å². The van der Waals surface area contributed by atoms with Crippen LogP contribution in [0, 0.1) is 23.2 Å². The van der Waals surface area contributed by atoms with Crippen molar-refractivity contribution < 1.29 is 0 Å². The summed E-state index contributed by atoms with van der Waals surface area (Å²) in [6.07, 6.45) is 15.5. The van der Waals surface area contributed by atoms with Crippen molar-refractivity contribution in [1.82, 2.24) is 0 Å². The van der Waals surface area contributed by atoms with E-state index in [2.05, 4.69) is 43.3 Å². The van der Waals surface area contributed by atoms with Gasteiger partial charge in [-0.25, -0.2) is 0 Å². The van der Waals surface area contributed by atoms with Gasteiger partial charge in [-0.3, -0.25) is 0 Å². The SMILES string of the molecule is CCc1ccc(CCCC[C@H]2CC[C@H](C=CC#N)CC2)cc1. The summed E-state index contributed by atoms with van der Waals surface area (Å²) in [4.78, 5) is 0. The summed E-state index contributed by atoms with van der Waals surface area (Å²) in [6.45, 7) is 2.21. The standard InChI is InChI=1S/C21H29N/c1-2-18-9-11-19(12-10-18)6-3-4-7-20-13-15-21(16-14-20)8-5-17-22/h5,8-12,20-21H,2-4,6-7,13-16H2,1H3/t20-,21-. The molecule has 0 atom stereocenters. The monoisotopic (exact) mass is 295 g/mol. The quantitative estimate of drug-likeness (QED) is 0.457. The molecule has 1 aromatic rings. The number of hydrogen-bond donors (Lipinski definition) is 0. The van der Waals surface area contributed by atoms with Gasteiger partial charge in [0.05, 0.1) is 6.07 Å². The Balaban J connectivity index is 1.59. The zero-order valence-corrected chi connectivity index (χ0v) is 13.9. The van der Waals surface area contributed by atoms with E-state index in [1.54, 1.807) is 6.08 Å². The highest BCUT2D eigenvalue weighted by Crippen LogP contribution is 2.32. The minimum absolute atomic E-state index is 0.660. The summed E-state index contributed by atoms with van der Waals surface area (Å²) < 4.78 is 0. The van der Waals surface area contributed by atoms with Gasteiger partial charge in [-0.1, -0.05) is 50.1 Å². The zero-order valence-electron chi connectivity index (χ0n) is 13.9. The van der Waals surface area contributed by atoms with Crippen molar-refractivity contribution in [2.75, 3.05) is 0 Å². The van der Waals surface area contributed by atoms with Crippen molar-refractivity contribution in [2.24, 2.45) is 11.8 Å². The van der Waals surface area contributed by atoms with Gasteiger partial charge in [0, 0.05) is 6.08 Å². The minimum atomic E-state index is 0.660. The normalized spacial score (nSPS) is 21.8. The molecule has 0 amide bonds. The van der Waals surface area contributed by atoms with Gasteiger partial charge < -0.3 is 0 Å². The van der Waals surface area contributed by atoms with Crippen molar-refractivity contribution >= 4 is 0 Å². The van der Waals surface area contributed by atoms with Crippen LogP contribution in [-0.2, 0) is 12.8 Å². The lowest BCUT2D eigenvalue weighted by Crippen LogP contribution is -2.13. The Labute approximate surface area is 136 Å². The predicted octanol–water partition coefficient (Wildman–Crippen LogP) is 5.85. The third-order valence-electron chi connectivity index (χ3n) is 5.09. The molecule has 0 heterocycles. The summed E-state index contributed by atoms with van der Waals surface area (Å²) >= 11 is 0. The molecule has 118 valence electrons. The number of nitrogens with zero attached hydrogens (tertiary/aromatic N) is 1. The van der Waals surface area contributed by atoms with Gasteiger partial charge in [-0.15, -0.1) is 0 Å². The second-order valence-corrected chi connectivity index (χ2v) is 6.68. The number of nitriles is 1. The average molecular weight is 295 g/mol. The first-order chi connectivity index (χ1) is 10.8. The van der Waals surface area contributed by atoms with Crippen LogP contribution in [0.15, 0.2) is 36.4 Å². The van der Waals surface area contributed by atoms with Crippen LogP contribution >= 0.6 is 0 Å². The van der Waals surface area contributed by atoms with E-state index in [9.17, 15) is 0 Å². The first kappa shape index (κ1) is 16.8. The second kappa shape index (κ2) is 9.46. The van der Waals surface area contributed by atoms with Gasteiger partial charge in [-0.05, 0) is 67.9 Å². The van der Waals surface area contributed by atoms with Crippen LogP contribution < -0.4 is 0 Å². The molecule has 1 aliphatic rings. The Morgan fingerprint density at radius 1 is 1.05 bits per heavy atom. The molecule has 1 heteroatoms. The lowest BCUT2D eigenvalue weighted by Gasteiger charge is -2.26. The van der Waals surface area contributed by atoms with Crippen LogP contribution in [-0.4, -0.2) is 0 Å². The van der Waals surface area contributed by atoms with Gasteiger partial charge in [0.1, 0.15) is 0 Å². The van der Waals surface area contributed by atoms with Crippen LogP contribution in [0.3, 0.4) is 0 Å². The van der Waals surface area contributed by atoms with Crippen LogP contribution in [0.2, 0.25) is 0 Å². The topological polar surface area (TPSA) is 23.8 Å². The highest BCUT2D eigenvalue weighted by Gasteiger charge is 2.18. The Morgan fingerprint density at radius 2 is 1.73 bits per heavy atom. The van der Waals surface area contributed by atoms with E-state index in [1.807, 2.05) is 0 Å². The number of benzene rings is 1. The maximum Gasteiger partial charge on any atom is 0.0908 e. The van der Waals surface area contributed by atoms with Crippen LogP contribution in [0.5, 0.6) is 0 Å². The molecule has 1 aromatic carbocycles. The maximum atomic E-state index is 8.58. The molecule has 2 rings (SSSR count). The molecule has 22 heavy (non-hydrogen) atoms. The first-order valence-corrected chi connectivity index (χ1v) is 8.96. The molecular formula is C21H29N. The molecule has 0 aromatic heterocycles. The molecule has 0 bridgehead atoms. The smallest absolute Gasteiger partial charge is 0.0908 e. The zero-order chi connectivity index (χ0) is 15.6. The molecule has 0 unspecified atom stereocenters. The van der Waals surface area contributed by atoms with E-state index in [0.717, 1.165) is 12.3 Å². The summed E-state index contributed by atoms with van der Waals surface area (Å²) in [5, 5.41) is 8.58. The van der Waals surface area contributed by atoms with E-state index in [4.69, 9.17) is 5.26 Å². The highest BCUT2D eigenvalue weighted by atomic mass is 14.3. The molecule has 1 saturated carbocycles. The Kier molecular flexibility index (Phi) is 7.23. The van der Waals surface area contributed by atoms with E-state index >= 15 is 0 Å². The first-order valence-electron chi connectivity index (χ1n) is 8.96. The van der Waals surface area contributed by atoms with Crippen molar-refractivity contribution in [3.05, 3.63) is 47.5 Å². The molecule has 1 aliphatic carbocycles. The van der Waals surface area contributed by atoms with Gasteiger partial charge in [-0.2, -0.15) is 5.26 Å². The molecule has 0 N–H and O–H groups in total. The van der Waals surface area contributed by atoms with Crippen molar-refractivity contribution in [2.45, 2.75) is 64.7 Å². The molecule has 1 nitrogen and oxygen atoms in total. The Morgan fingerprint density at radius 3 is 2.36 bits per heavy atom. The third kappa shape index (κ3) is 5.68. The van der Waals surface area contributed by atoms with E-state index in [-0.39, 0.29) is 0 Å². The van der Waals surface area contributed by atoms with Gasteiger partial charge in [0.15, 0.2) is 0 Å². The average Bonchev–Trinajstić information content (AvgIpc) is 2.58. The number of allylic oxidation sites excluding steroid dienone is 2. The number of rotatable bonds is 7. The molecular weight excluding hydrogens is 266 g/mol. The number of hydrogen-bond acceptors (Lipinski definition) is 1. The van der Waals surface area contributed by atoms with E-state index < -0.39 is 0 Å². The van der Waals surface area contributed by atoms with Crippen LogP contribution in [0.4, 0.5) is 0 Å². The van der Waals surface area contributed by atoms with Crippen molar-refractivity contribution in [3.8, 4) is 6.07 Å². The number of unbranched alkanes of at least 4 members (excludes halogenated alkanes) is 1. The summed E-state index contributed by atoms with van der Waals surface area (Å²) in [5.41, 5.74) is 2.92. The van der Waals surface area contributed by atoms with Crippen molar-refractivity contribution in [3.63, 3.8) is 0 Å². The molecule has 0 aliphatic heterocycles. The highest BCUT2D eigenvalue weighted by molar-refractivity contribution is 5.22. The lowest BCUT2D eigenvalue weighted by atomic mass is 9.79. The predicted molar refractivity (Wildman–Crippen MR) is 93.6 cm³/mol. The summed E-state index contributed by atoms with van der Waals surface area (Å²) in [6, 6.07) is 11.2. The Bertz CT molecular complexity index is 484. The van der Waals surface area contributed by atoms with Crippen molar-refractivity contribution in [1.29, 1.82) is 5.26 Å². The molecule has 0 radical (unpaired) electrons. The van der Waals surface area contributed by atoms with Gasteiger partial charge in [0.25, 0.3) is 0 Å². The van der Waals surface area contributed by atoms with Crippen LogP contribution in [0.25, 0.3) is 0 Å².